The Morgan fingerprint density at radius 1 is 0.692 bits per heavy atom. The first-order valence-corrected chi connectivity index (χ1v) is 9.21. The molecule has 0 fully saturated rings. The minimum absolute atomic E-state index is 0.965. The predicted octanol–water partition coefficient (Wildman–Crippen LogP) is 6.53. The quantitative estimate of drug-likeness (QED) is 0.363. The number of fused-ring (bicyclic) bond motifs is 2. The fourth-order valence-electron chi connectivity index (χ4n) is 2.32. The lowest BCUT2D eigenvalue weighted by molar-refractivity contribution is 1.30. The smallest absolute Gasteiger partial charge is 0.0915 e. The Balaban J connectivity index is 0.000000219. The van der Waals surface area contributed by atoms with Gasteiger partial charge in [-0.3, -0.25) is 15.0 Å². The Morgan fingerprint density at radius 3 is 2.19 bits per heavy atom. The van der Waals surface area contributed by atoms with E-state index in [9.17, 15) is 0 Å². The highest BCUT2D eigenvalue weighted by Crippen LogP contribution is 2.13. The van der Waals surface area contributed by atoms with E-state index in [0.29, 0.717) is 0 Å². The highest BCUT2D eigenvalue weighted by atomic mass is 14.7. The van der Waals surface area contributed by atoms with Gasteiger partial charge in [0, 0.05) is 30.2 Å². The molecule has 0 radical (unpaired) electrons. The van der Waals surface area contributed by atoms with Crippen molar-refractivity contribution < 1.29 is 0 Å². The van der Waals surface area contributed by atoms with Gasteiger partial charge in [0.2, 0.25) is 0 Å². The molecule has 0 aliphatic carbocycles. The third kappa shape index (κ3) is 5.92. The number of aryl methyl sites for hydroxylation is 2. The summed E-state index contributed by atoms with van der Waals surface area (Å²) in [6.45, 7) is 12.1. The summed E-state index contributed by atoms with van der Waals surface area (Å²) in [5.74, 6) is 0. The molecule has 3 heterocycles. The normalized spacial score (nSPS) is 9.15. The number of rotatable bonds is 0. The molecule has 0 saturated carbocycles. The van der Waals surface area contributed by atoms with Gasteiger partial charge in [-0.05, 0) is 49.1 Å². The molecule has 0 aliphatic heterocycles. The zero-order chi connectivity index (χ0) is 19.4. The maximum Gasteiger partial charge on any atom is 0.0915 e. The first-order chi connectivity index (χ1) is 12.7. The van der Waals surface area contributed by atoms with Gasteiger partial charge in [-0.2, -0.15) is 0 Å². The van der Waals surface area contributed by atoms with Crippen LogP contribution >= 0.6 is 0 Å². The van der Waals surface area contributed by atoms with Crippen LogP contribution in [0.4, 0.5) is 0 Å². The molecular formula is C23H29N3. The summed E-state index contributed by atoms with van der Waals surface area (Å²) in [7, 11) is 0. The standard InChI is InChI=1S/C10H9N.C9H8N2.2C2H6/c1-8-2-3-10-7-11-5-4-9(10)6-8;1-7-4-6-10-8-3-2-5-11-9(7)8;2*1-2/h2-7H,1H3;2-6H,1H3;2*1-2H3. The lowest BCUT2D eigenvalue weighted by atomic mass is 10.1. The van der Waals surface area contributed by atoms with E-state index >= 15 is 0 Å². The van der Waals surface area contributed by atoms with Gasteiger partial charge in [0.1, 0.15) is 0 Å². The van der Waals surface area contributed by atoms with E-state index in [-0.39, 0.29) is 0 Å². The van der Waals surface area contributed by atoms with Crippen LogP contribution in [0.2, 0.25) is 0 Å². The van der Waals surface area contributed by atoms with Crippen LogP contribution < -0.4 is 0 Å². The topological polar surface area (TPSA) is 38.7 Å². The second-order valence-electron chi connectivity index (χ2n) is 5.23. The number of nitrogens with zero attached hydrogens (tertiary/aromatic N) is 3. The van der Waals surface area contributed by atoms with Crippen molar-refractivity contribution in [2.24, 2.45) is 0 Å². The molecule has 0 bridgehead atoms. The summed E-state index contributed by atoms with van der Waals surface area (Å²) in [4.78, 5) is 12.4. The van der Waals surface area contributed by atoms with Crippen LogP contribution in [0.5, 0.6) is 0 Å². The molecule has 4 aromatic rings. The molecule has 0 unspecified atom stereocenters. The fourth-order valence-corrected chi connectivity index (χ4v) is 2.32. The predicted molar refractivity (Wildman–Crippen MR) is 113 cm³/mol. The summed E-state index contributed by atoms with van der Waals surface area (Å²) < 4.78 is 0. The second kappa shape index (κ2) is 11.7. The molecule has 26 heavy (non-hydrogen) atoms. The van der Waals surface area contributed by atoms with Gasteiger partial charge < -0.3 is 0 Å². The molecule has 0 saturated heterocycles. The molecule has 1 aromatic carbocycles. The first-order valence-electron chi connectivity index (χ1n) is 9.21. The van der Waals surface area contributed by atoms with Gasteiger partial charge in [0.25, 0.3) is 0 Å². The van der Waals surface area contributed by atoms with Gasteiger partial charge in [0.05, 0.1) is 11.0 Å². The van der Waals surface area contributed by atoms with Gasteiger partial charge in [0.15, 0.2) is 0 Å². The number of hydrogen-bond acceptors (Lipinski definition) is 3. The molecule has 3 nitrogen and oxygen atoms in total. The summed E-state index contributed by atoms with van der Waals surface area (Å²) in [5, 5.41) is 2.47. The first kappa shape index (κ1) is 21.2. The maximum atomic E-state index is 4.22. The van der Waals surface area contributed by atoms with Crippen LogP contribution in [0.1, 0.15) is 38.8 Å². The second-order valence-corrected chi connectivity index (χ2v) is 5.23. The van der Waals surface area contributed by atoms with E-state index in [4.69, 9.17) is 0 Å². The van der Waals surface area contributed by atoms with Crippen LogP contribution in [0.25, 0.3) is 21.8 Å². The van der Waals surface area contributed by atoms with Crippen molar-refractivity contribution in [1.29, 1.82) is 0 Å². The molecule has 0 N–H and O–H groups in total. The zero-order valence-electron chi connectivity index (χ0n) is 16.7. The van der Waals surface area contributed by atoms with Crippen LogP contribution in [0, 0.1) is 13.8 Å². The van der Waals surface area contributed by atoms with Gasteiger partial charge in [-0.25, -0.2) is 0 Å². The average molecular weight is 348 g/mol. The molecule has 136 valence electrons. The van der Waals surface area contributed by atoms with E-state index in [1.807, 2.05) is 71.3 Å². The third-order valence-corrected chi connectivity index (χ3v) is 3.49. The molecular weight excluding hydrogens is 318 g/mol. The molecule has 0 spiro atoms. The van der Waals surface area contributed by atoms with Crippen molar-refractivity contribution in [1.82, 2.24) is 15.0 Å². The van der Waals surface area contributed by atoms with Gasteiger partial charge in [-0.1, -0.05) is 51.5 Å². The maximum absolute atomic E-state index is 4.22. The van der Waals surface area contributed by atoms with Crippen molar-refractivity contribution in [3.63, 3.8) is 0 Å². The van der Waals surface area contributed by atoms with Crippen molar-refractivity contribution in [3.8, 4) is 0 Å². The van der Waals surface area contributed by atoms with Crippen LogP contribution in [0.15, 0.2) is 67.3 Å². The van der Waals surface area contributed by atoms with Gasteiger partial charge in [-0.15, -0.1) is 0 Å². The van der Waals surface area contributed by atoms with Crippen LogP contribution in [-0.2, 0) is 0 Å². The van der Waals surface area contributed by atoms with E-state index in [1.165, 1.54) is 21.9 Å². The van der Waals surface area contributed by atoms with Crippen LogP contribution in [0.3, 0.4) is 0 Å². The van der Waals surface area contributed by atoms with Crippen molar-refractivity contribution in [2.75, 3.05) is 0 Å². The Hall–Kier alpha value is -2.81. The summed E-state index contributed by atoms with van der Waals surface area (Å²) in [6.07, 6.45) is 7.30. The molecule has 3 aromatic heterocycles. The zero-order valence-corrected chi connectivity index (χ0v) is 16.7. The monoisotopic (exact) mass is 347 g/mol. The largest absolute Gasteiger partial charge is 0.264 e. The number of aromatic nitrogens is 3. The minimum atomic E-state index is 0.965. The molecule has 0 amide bonds. The Bertz CT molecular complexity index is 905. The van der Waals surface area contributed by atoms with Crippen molar-refractivity contribution in [2.45, 2.75) is 41.5 Å². The lowest BCUT2D eigenvalue weighted by Crippen LogP contribution is -1.83. The third-order valence-electron chi connectivity index (χ3n) is 3.49. The number of pyridine rings is 3. The molecule has 0 aliphatic rings. The number of benzene rings is 1. The molecule has 3 heteroatoms. The average Bonchev–Trinajstić information content (AvgIpc) is 2.72. The highest BCUT2D eigenvalue weighted by Gasteiger charge is 1.95. The van der Waals surface area contributed by atoms with E-state index < -0.39 is 0 Å². The van der Waals surface area contributed by atoms with Crippen molar-refractivity contribution in [3.05, 3.63) is 78.4 Å². The SMILES string of the molecule is CC.CC.Cc1ccc2cnccc2c1.Cc1ccnc2cccnc12. The van der Waals surface area contributed by atoms with E-state index in [2.05, 4.69) is 40.1 Å². The minimum Gasteiger partial charge on any atom is -0.264 e. The Kier molecular flexibility index (Phi) is 9.55. The highest BCUT2D eigenvalue weighted by molar-refractivity contribution is 5.81. The van der Waals surface area contributed by atoms with E-state index in [0.717, 1.165) is 11.0 Å². The lowest BCUT2D eigenvalue weighted by Gasteiger charge is -1.96. The Labute approximate surface area is 157 Å². The summed E-state index contributed by atoms with van der Waals surface area (Å²) in [5.41, 5.74) is 4.43. The summed E-state index contributed by atoms with van der Waals surface area (Å²) in [6, 6.07) is 14.2. The molecule has 0 atom stereocenters. The Morgan fingerprint density at radius 2 is 1.46 bits per heavy atom. The number of hydrogen-bond donors (Lipinski definition) is 0. The van der Waals surface area contributed by atoms with Crippen LogP contribution in [-0.4, -0.2) is 15.0 Å². The molecule has 4 rings (SSSR count). The summed E-state index contributed by atoms with van der Waals surface area (Å²) >= 11 is 0. The van der Waals surface area contributed by atoms with Gasteiger partial charge >= 0.3 is 0 Å². The van der Waals surface area contributed by atoms with E-state index in [1.54, 1.807) is 12.4 Å². The van der Waals surface area contributed by atoms with Crippen molar-refractivity contribution >= 4 is 21.8 Å². The fraction of sp³-hybridized carbons (Fsp3) is 0.261.